The third-order valence-electron chi connectivity index (χ3n) is 5.85. The van der Waals surface area contributed by atoms with E-state index in [-0.39, 0.29) is 12.0 Å². The molecule has 0 bridgehead atoms. The summed E-state index contributed by atoms with van der Waals surface area (Å²) in [5.41, 5.74) is 2.04. The van der Waals surface area contributed by atoms with E-state index in [1.54, 1.807) is 23.8 Å². The molecule has 4 rings (SSSR count). The van der Waals surface area contributed by atoms with Crippen molar-refractivity contribution < 1.29 is 19.1 Å². The predicted molar refractivity (Wildman–Crippen MR) is 132 cm³/mol. The van der Waals surface area contributed by atoms with Crippen LogP contribution in [0.1, 0.15) is 27.7 Å². The van der Waals surface area contributed by atoms with Crippen LogP contribution in [0.4, 0.5) is 10.6 Å². The fraction of sp³-hybridized carbons (Fsp3) is 0.417. The Morgan fingerprint density at radius 2 is 1.91 bits per heavy atom. The number of hydrogen-bond acceptors (Lipinski definition) is 8. The molecule has 0 saturated carbocycles. The summed E-state index contributed by atoms with van der Waals surface area (Å²) in [6.45, 7) is 6.63. The van der Waals surface area contributed by atoms with Crippen molar-refractivity contribution in [2.24, 2.45) is 0 Å². The molecule has 0 unspecified atom stereocenters. The first-order chi connectivity index (χ1) is 16.5. The fourth-order valence-electron chi connectivity index (χ4n) is 4.01. The van der Waals surface area contributed by atoms with Crippen molar-refractivity contribution >= 4 is 39.4 Å². The van der Waals surface area contributed by atoms with E-state index in [1.807, 2.05) is 25.1 Å². The summed E-state index contributed by atoms with van der Waals surface area (Å²) >= 11 is 1.39. The van der Waals surface area contributed by atoms with E-state index in [0.29, 0.717) is 44.2 Å². The Morgan fingerprint density at radius 1 is 1.15 bits per heavy atom. The second-order valence-corrected chi connectivity index (χ2v) is 8.96. The maximum Gasteiger partial charge on any atom is 0.409 e. The summed E-state index contributed by atoms with van der Waals surface area (Å²) in [5, 5.41) is 4.29. The Kier molecular flexibility index (Phi) is 7.46. The molecule has 1 saturated heterocycles. The number of ether oxygens (including phenoxy) is 2. The van der Waals surface area contributed by atoms with Gasteiger partial charge in [-0.15, -0.1) is 11.3 Å². The second-order valence-electron chi connectivity index (χ2n) is 7.97. The molecular formula is C24H29N5O4S. The molecule has 3 heterocycles. The number of carbonyl (C=O) groups excluding carboxylic acids is 2. The van der Waals surface area contributed by atoms with E-state index in [4.69, 9.17) is 9.47 Å². The maximum atomic E-state index is 13.3. The minimum absolute atomic E-state index is 0.0358. The summed E-state index contributed by atoms with van der Waals surface area (Å²) < 4.78 is 10.4. The number of amides is 2. The maximum absolute atomic E-state index is 13.3. The molecule has 9 nitrogen and oxygen atoms in total. The highest BCUT2D eigenvalue weighted by Gasteiger charge is 2.28. The number of benzene rings is 1. The number of hydrogen-bond donors (Lipinski definition) is 1. The van der Waals surface area contributed by atoms with Crippen molar-refractivity contribution in [3.05, 3.63) is 46.6 Å². The van der Waals surface area contributed by atoms with E-state index in [2.05, 4.69) is 21.4 Å². The molecule has 3 aromatic rings. The summed E-state index contributed by atoms with van der Waals surface area (Å²) in [6, 6.07) is 7.99. The number of piperazine rings is 1. The highest BCUT2D eigenvalue weighted by Crippen LogP contribution is 2.34. The lowest BCUT2D eigenvalue weighted by molar-refractivity contribution is 0.0574. The highest BCUT2D eigenvalue weighted by molar-refractivity contribution is 7.20. The van der Waals surface area contributed by atoms with Crippen LogP contribution in [0, 0.1) is 6.92 Å². The molecule has 1 fully saturated rings. The molecule has 0 spiro atoms. The van der Waals surface area contributed by atoms with Crippen molar-refractivity contribution in [2.75, 3.05) is 51.8 Å². The zero-order chi connectivity index (χ0) is 24.1. The molecule has 2 aromatic heterocycles. The van der Waals surface area contributed by atoms with Gasteiger partial charge in [0, 0.05) is 32.7 Å². The topological polar surface area (TPSA) is 96.9 Å². The van der Waals surface area contributed by atoms with Crippen LogP contribution in [0.5, 0.6) is 5.75 Å². The van der Waals surface area contributed by atoms with Crippen molar-refractivity contribution in [3.63, 3.8) is 0 Å². The Hall–Kier alpha value is -3.40. The first-order valence-corrected chi connectivity index (χ1v) is 12.1. The zero-order valence-electron chi connectivity index (χ0n) is 19.7. The molecule has 180 valence electrons. The third-order valence-corrected chi connectivity index (χ3v) is 7.04. The molecular weight excluding hydrogens is 454 g/mol. The Morgan fingerprint density at radius 3 is 2.65 bits per heavy atom. The van der Waals surface area contributed by atoms with Crippen LogP contribution in [0.25, 0.3) is 10.2 Å². The van der Waals surface area contributed by atoms with Gasteiger partial charge in [0.05, 0.1) is 24.0 Å². The lowest BCUT2D eigenvalue weighted by atomic mass is 10.1. The van der Waals surface area contributed by atoms with Crippen LogP contribution in [-0.4, -0.2) is 78.2 Å². The molecule has 1 N–H and O–H groups in total. The smallest absolute Gasteiger partial charge is 0.409 e. The van der Waals surface area contributed by atoms with E-state index in [9.17, 15) is 9.59 Å². The third kappa shape index (κ3) is 5.06. The molecule has 2 amide bonds. The van der Waals surface area contributed by atoms with Crippen LogP contribution in [0.15, 0.2) is 30.6 Å². The number of aryl methyl sites for hydroxylation is 1. The summed E-state index contributed by atoms with van der Waals surface area (Å²) in [7, 11) is 1.66. The monoisotopic (exact) mass is 483 g/mol. The van der Waals surface area contributed by atoms with Crippen LogP contribution in [0.3, 0.4) is 0 Å². The minimum atomic E-state index is -0.326. The van der Waals surface area contributed by atoms with Gasteiger partial charge in [0.2, 0.25) is 0 Å². The van der Waals surface area contributed by atoms with Crippen molar-refractivity contribution in [1.29, 1.82) is 0 Å². The van der Waals surface area contributed by atoms with Gasteiger partial charge in [0.25, 0.3) is 5.91 Å². The lowest BCUT2D eigenvalue weighted by Gasteiger charge is -2.33. The predicted octanol–water partition coefficient (Wildman–Crippen LogP) is 3.58. The molecule has 0 radical (unpaired) electrons. The van der Waals surface area contributed by atoms with Gasteiger partial charge < -0.3 is 24.6 Å². The first-order valence-electron chi connectivity index (χ1n) is 11.3. The van der Waals surface area contributed by atoms with Gasteiger partial charge in [0.1, 0.15) is 22.7 Å². The first kappa shape index (κ1) is 23.7. The number of thiophene rings is 1. The number of methoxy groups -OCH3 is 1. The van der Waals surface area contributed by atoms with Crippen LogP contribution >= 0.6 is 11.3 Å². The zero-order valence-corrected chi connectivity index (χ0v) is 20.5. The van der Waals surface area contributed by atoms with Gasteiger partial charge in [-0.05, 0) is 43.5 Å². The summed E-state index contributed by atoms with van der Waals surface area (Å²) in [4.78, 5) is 38.9. The molecule has 1 aliphatic heterocycles. The molecule has 0 aliphatic carbocycles. The number of anilines is 1. The van der Waals surface area contributed by atoms with Gasteiger partial charge in [-0.3, -0.25) is 4.79 Å². The largest absolute Gasteiger partial charge is 0.497 e. The quantitative estimate of drug-likeness (QED) is 0.549. The molecule has 34 heavy (non-hydrogen) atoms. The number of carbonyl (C=O) groups is 2. The van der Waals surface area contributed by atoms with Gasteiger partial charge >= 0.3 is 6.09 Å². The average Bonchev–Trinajstić information content (AvgIpc) is 3.21. The average molecular weight is 484 g/mol. The van der Waals surface area contributed by atoms with E-state index in [0.717, 1.165) is 39.3 Å². The molecule has 10 heteroatoms. The van der Waals surface area contributed by atoms with E-state index >= 15 is 0 Å². The fourth-order valence-corrected chi connectivity index (χ4v) is 5.13. The van der Waals surface area contributed by atoms with Crippen LogP contribution < -0.4 is 10.1 Å². The SMILES string of the molecule is CCOC(=O)N1CCN(C(=O)c2sc3ncnc(NCCc4cccc(OC)c4)c3c2C)CC1. The molecule has 1 aliphatic rings. The molecule has 0 atom stereocenters. The van der Waals surface area contributed by atoms with Crippen molar-refractivity contribution in [2.45, 2.75) is 20.3 Å². The van der Waals surface area contributed by atoms with Gasteiger partial charge in [-0.2, -0.15) is 0 Å². The van der Waals surface area contributed by atoms with E-state index < -0.39 is 0 Å². The van der Waals surface area contributed by atoms with E-state index in [1.165, 1.54) is 17.7 Å². The normalized spacial score (nSPS) is 13.7. The number of fused-ring (bicyclic) bond motifs is 1. The standard InChI is InChI=1S/C24H29N5O4S/c1-4-33-24(31)29-12-10-28(11-13-29)23(30)20-16(2)19-21(26-15-27-22(19)34-20)25-9-8-17-6-5-7-18(14-17)32-3/h5-7,14-15H,4,8-13H2,1-3H3,(H,25,26,27). The Bertz CT molecular complexity index is 1170. The second kappa shape index (κ2) is 10.7. The van der Waals surface area contributed by atoms with Crippen LogP contribution in [0.2, 0.25) is 0 Å². The van der Waals surface area contributed by atoms with Gasteiger partial charge in [-0.1, -0.05) is 12.1 Å². The summed E-state index contributed by atoms with van der Waals surface area (Å²) in [6.07, 6.45) is 2.01. The van der Waals surface area contributed by atoms with Gasteiger partial charge in [0.15, 0.2) is 0 Å². The van der Waals surface area contributed by atoms with Crippen LogP contribution in [-0.2, 0) is 11.2 Å². The number of aromatic nitrogens is 2. The highest BCUT2D eigenvalue weighted by atomic mass is 32.1. The van der Waals surface area contributed by atoms with Gasteiger partial charge in [-0.25, -0.2) is 14.8 Å². The summed E-state index contributed by atoms with van der Waals surface area (Å²) in [5.74, 6) is 1.53. The number of rotatable bonds is 7. The number of nitrogens with one attached hydrogen (secondary N) is 1. The van der Waals surface area contributed by atoms with Crippen molar-refractivity contribution in [3.8, 4) is 5.75 Å². The van der Waals surface area contributed by atoms with Crippen molar-refractivity contribution in [1.82, 2.24) is 19.8 Å². The Balaban J connectivity index is 1.45. The minimum Gasteiger partial charge on any atom is -0.497 e. The Labute approximate surface area is 202 Å². The molecule has 1 aromatic carbocycles. The lowest BCUT2D eigenvalue weighted by Crippen LogP contribution is -2.50. The number of nitrogens with zero attached hydrogens (tertiary/aromatic N) is 4.